The van der Waals surface area contributed by atoms with E-state index in [-0.39, 0.29) is 16.7 Å². The van der Waals surface area contributed by atoms with Crippen molar-refractivity contribution in [3.8, 4) is 0 Å². The van der Waals surface area contributed by atoms with E-state index in [4.69, 9.17) is 4.74 Å². The molecule has 1 unspecified atom stereocenters. The van der Waals surface area contributed by atoms with Crippen molar-refractivity contribution in [1.29, 1.82) is 0 Å². The largest absolute Gasteiger partial charge is 0.382 e. The second-order valence-electron chi connectivity index (χ2n) is 4.97. The Kier molecular flexibility index (Phi) is 4.92. The first-order valence-corrected chi connectivity index (χ1v) is 6.93. The van der Waals surface area contributed by atoms with Gasteiger partial charge in [-0.15, -0.1) is 0 Å². The van der Waals surface area contributed by atoms with Crippen molar-refractivity contribution in [2.45, 2.75) is 20.0 Å². The Labute approximate surface area is 118 Å². The van der Waals surface area contributed by atoms with Crippen LogP contribution in [0.1, 0.15) is 12.5 Å². The summed E-state index contributed by atoms with van der Waals surface area (Å²) >= 11 is 0. The van der Waals surface area contributed by atoms with Crippen LogP contribution >= 0.6 is 0 Å². The molecule has 0 aliphatic carbocycles. The van der Waals surface area contributed by atoms with Gasteiger partial charge in [0.25, 0.3) is 5.69 Å². The van der Waals surface area contributed by atoms with E-state index in [1.54, 1.807) is 13.0 Å². The van der Waals surface area contributed by atoms with Crippen LogP contribution in [0.2, 0.25) is 0 Å². The maximum atomic E-state index is 10.9. The minimum absolute atomic E-state index is 0.127. The molecular weight excluding hydrogens is 258 g/mol. The van der Waals surface area contributed by atoms with Crippen LogP contribution < -0.4 is 5.32 Å². The number of hydrogen-bond donors (Lipinski definition) is 1. The molecule has 0 bridgehead atoms. The summed E-state index contributed by atoms with van der Waals surface area (Å²) in [4.78, 5) is 12.9. The summed E-state index contributed by atoms with van der Waals surface area (Å²) in [5.74, 6) is 0. The molecule has 0 radical (unpaired) electrons. The second-order valence-corrected chi connectivity index (χ2v) is 4.97. The molecule has 1 aromatic rings. The summed E-state index contributed by atoms with van der Waals surface area (Å²) < 4.78 is 5.71. The van der Waals surface area contributed by atoms with Crippen molar-refractivity contribution in [1.82, 2.24) is 4.90 Å². The van der Waals surface area contributed by atoms with Gasteiger partial charge in [0.1, 0.15) is 0 Å². The van der Waals surface area contributed by atoms with E-state index in [2.05, 4.69) is 17.1 Å². The molecule has 1 N–H and O–H groups in total. The smallest absolute Gasteiger partial charge is 0.274 e. The minimum Gasteiger partial charge on any atom is -0.382 e. The van der Waals surface area contributed by atoms with Gasteiger partial charge in [-0.1, -0.05) is 13.0 Å². The normalized spacial score (nSPS) is 19.8. The van der Waals surface area contributed by atoms with E-state index >= 15 is 0 Å². The molecular formula is C14H21N3O3. The van der Waals surface area contributed by atoms with Gasteiger partial charge < -0.3 is 10.1 Å². The van der Waals surface area contributed by atoms with Crippen LogP contribution in [0.25, 0.3) is 0 Å². The molecule has 1 saturated heterocycles. The number of likely N-dealkylation sites (N-methyl/N-ethyl adjacent to an activating group) is 1. The molecule has 6 nitrogen and oxygen atoms in total. The fourth-order valence-corrected chi connectivity index (χ4v) is 2.43. The van der Waals surface area contributed by atoms with Crippen molar-refractivity contribution >= 4 is 11.4 Å². The summed E-state index contributed by atoms with van der Waals surface area (Å²) in [6.45, 7) is 8.21. The molecule has 2 rings (SSSR count). The average molecular weight is 279 g/mol. The Morgan fingerprint density at radius 2 is 2.35 bits per heavy atom. The van der Waals surface area contributed by atoms with E-state index in [1.807, 2.05) is 6.07 Å². The number of nitrogens with one attached hydrogen (secondary N) is 1. The molecule has 1 heterocycles. The SMILES string of the molecule is CCN1CCOC(CNc2cccc([N+](=O)[O-])c2C)C1. The van der Waals surface area contributed by atoms with Gasteiger partial charge in [-0.3, -0.25) is 15.0 Å². The number of benzene rings is 1. The molecule has 1 atom stereocenters. The zero-order chi connectivity index (χ0) is 14.5. The highest BCUT2D eigenvalue weighted by molar-refractivity contribution is 5.59. The third-order valence-corrected chi connectivity index (χ3v) is 3.69. The average Bonchev–Trinajstić information content (AvgIpc) is 2.46. The van der Waals surface area contributed by atoms with Crippen LogP contribution in [0.3, 0.4) is 0 Å². The Hall–Kier alpha value is -1.66. The van der Waals surface area contributed by atoms with Crippen molar-refractivity contribution < 1.29 is 9.66 Å². The third kappa shape index (κ3) is 3.46. The van der Waals surface area contributed by atoms with Crippen LogP contribution in [0.4, 0.5) is 11.4 Å². The fourth-order valence-electron chi connectivity index (χ4n) is 2.43. The van der Waals surface area contributed by atoms with E-state index in [0.717, 1.165) is 31.9 Å². The van der Waals surface area contributed by atoms with Crippen LogP contribution in [0.5, 0.6) is 0 Å². The van der Waals surface area contributed by atoms with Crippen LogP contribution in [-0.4, -0.2) is 48.7 Å². The monoisotopic (exact) mass is 279 g/mol. The maximum Gasteiger partial charge on any atom is 0.274 e. The highest BCUT2D eigenvalue weighted by Crippen LogP contribution is 2.25. The van der Waals surface area contributed by atoms with Crippen molar-refractivity contribution in [3.63, 3.8) is 0 Å². The predicted molar refractivity (Wildman–Crippen MR) is 78.2 cm³/mol. The van der Waals surface area contributed by atoms with Gasteiger partial charge in [0.15, 0.2) is 0 Å². The number of hydrogen-bond acceptors (Lipinski definition) is 5. The summed E-state index contributed by atoms with van der Waals surface area (Å²) in [7, 11) is 0. The van der Waals surface area contributed by atoms with Gasteiger partial charge in [-0.05, 0) is 19.5 Å². The van der Waals surface area contributed by atoms with Crippen LogP contribution in [-0.2, 0) is 4.74 Å². The third-order valence-electron chi connectivity index (χ3n) is 3.69. The Bertz CT molecular complexity index is 479. The molecule has 0 aromatic heterocycles. The molecule has 1 aliphatic rings. The topological polar surface area (TPSA) is 67.6 Å². The van der Waals surface area contributed by atoms with E-state index < -0.39 is 0 Å². The molecule has 1 aromatic carbocycles. The number of nitro groups is 1. The first-order valence-electron chi connectivity index (χ1n) is 6.93. The molecule has 110 valence electrons. The Morgan fingerprint density at radius 3 is 3.05 bits per heavy atom. The minimum atomic E-state index is -0.351. The predicted octanol–water partition coefficient (Wildman–Crippen LogP) is 2.04. The molecule has 1 aliphatic heterocycles. The Morgan fingerprint density at radius 1 is 1.55 bits per heavy atom. The summed E-state index contributed by atoms with van der Waals surface area (Å²) in [5, 5.41) is 14.2. The summed E-state index contributed by atoms with van der Waals surface area (Å²) in [5.41, 5.74) is 1.62. The molecule has 0 spiro atoms. The van der Waals surface area contributed by atoms with Gasteiger partial charge in [-0.25, -0.2) is 0 Å². The molecule has 0 amide bonds. The van der Waals surface area contributed by atoms with Gasteiger partial charge in [-0.2, -0.15) is 0 Å². The number of rotatable bonds is 5. The maximum absolute atomic E-state index is 10.9. The van der Waals surface area contributed by atoms with Crippen molar-refractivity contribution in [2.75, 3.05) is 38.1 Å². The fraction of sp³-hybridized carbons (Fsp3) is 0.571. The summed E-state index contributed by atoms with van der Waals surface area (Å²) in [6, 6.07) is 5.09. The summed E-state index contributed by atoms with van der Waals surface area (Å²) in [6.07, 6.45) is 0.127. The van der Waals surface area contributed by atoms with Gasteiger partial charge in [0.05, 0.1) is 17.6 Å². The molecule has 1 fully saturated rings. The highest BCUT2D eigenvalue weighted by Gasteiger charge is 2.20. The number of anilines is 1. The van der Waals surface area contributed by atoms with E-state index in [9.17, 15) is 10.1 Å². The number of morpholine rings is 1. The molecule has 6 heteroatoms. The lowest BCUT2D eigenvalue weighted by molar-refractivity contribution is -0.385. The molecule has 0 saturated carbocycles. The van der Waals surface area contributed by atoms with Crippen LogP contribution in [0, 0.1) is 17.0 Å². The Balaban J connectivity index is 1.97. The van der Waals surface area contributed by atoms with Crippen molar-refractivity contribution in [2.24, 2.45) is 0 Å². The number of nitrogens with zero attached hydrogens (tertiary/aromatic N) is 2. The lowest BCUT2D eigenvalue weighted by Gasteiger charge is -2.32. The van der Waals surface area contributed by atoms with Gasteiger partial charge in [0, 0.05) is 37.0 Å². The highest BCUT2D eigenvalue weighted by atomic mass is 16.6. The van der Waals surface area contributed by atoms with Crippen LogP contribution in [0.15, 0.2) is 18.2 Å². The lowest BCUT2D eigenvalue weighted by Crippen LogP contribution is -2.45. The number of ether oxygens (including phenoxy) is 1. The standard InChI is InChI=1S/C14H21N3O3/c1-3-16-7-8-20-12(10-16)9-15-13-5-4-6-14(11(13)2)17(18)19/h4-6,12,15H,3,7-10H2,1-2H3. The van der Waals surface area contributed by atoms with Crippen molar-refractivity contribution in [3.05, 3.63) is 33.9 Å². The second kappa shape index (κ2) is 6.67. The zero-order valence-electron chi connectivity index (χ0n) is 12.0. The first kappa shape index (κ1) is 14.7. The first-order chi connectivity index (χ1) is 9.61. The lowest BCUT2D eigenvalue weighted by atomic mass is 10.1. The number of nitro benzene ring substituents is 1. The molecule has 20 heavy (non-hydrogen) atoms. The van der Waals surface area contributed by atoms with E-state index in [0.29, 0.717) is 12.1 Å². The van der Waals surface area contributed by atoms with E-state index in [1.165, 1.54) is 6.07 Å². The van der Waals surface area contributed by atoms with Gasteiger partial charge in [0.2, 0.25) is 0 Å². The van der Waals surface area contributed by atoms with Gasteiger partial charge >= 0.3 is 0 Å². The zero-order valence-corrected chi connectivity index (χ0v) is 12.0. The quantitative estimate of drug-likeness (QED) is 0.660.